The van der Waals surface area contributed by atoms with Crippen LogP contribution < -0.4 is 5.32 Å². The van der Waals surface area contributed by atoms with E-state index in [-0.39, 0.29) is 11.2 Å². The topological polar surface area (TPSA) is 70.7 Å². The van der Waals surface area contributed by atoms with Crippen molar-refractivity contribution in [1.82, 2.24) is 20.5 Å². The fraction of sp³-hybridized carbons (Fsp3) is 0.471. The van der Waals surface area contributed by atoms with Crippen LogP contribution in [-0.4, -0.2) is 32.9 Å². The van der Waals surface area contributed by atoms with E-state index in [1.807, 2.05) is 19.1 Å². The number of hydrogen-bond acceptors (Lipinski definition) is 4. The summed E-state index contributed by atoms with van der Waals surface area (Å²) in [6.45, 7) is 8.83. The number of amides is 1. The zero-order valence-electron chi connectivity index (χ0n) is 14.1. The molecule has 0 aliphatic rings. The molecule has 0 aliphatic heterocycles. The molecule has 6 heteroatoms. The average Bonchev–Trinajstić information content (AvgIpc) is 3.01. The van der Waals surface area contributed by atoms with E-state index in [0.717, 1.165) is 17.8 Å². The largest absolute Gasteiger partial charge is 0.355 e. The van der Waals surface area contributed by atoms with Crippen LogP contribution in [0.5, 0.6) is 0 Å². The Bertz CT molecular complexity index is 636. The van der Waals surface area contributed by atoms with E-state index in [0.29, 0.717) is 17.6 Å². The van der Waals surface area contributed by atoms with Crippen LogP contribution in [0.1, 0.15) is 33.3 Å². The first-order chi connectivity index (χ1) is 11.0. The molecule has 2 rings (SSSR count). The second-order valence-electron chi connectivity index (χ2n) is 5.92. The van der Waals surface area contributed by atoms with Gasteiger partial charge >= 0.3 is 0 Å². The van der Waals surface area contributed by atoms with Gasteiger partial charge in [0.1, 0.15) is 0 Å². The number of H-pyrrole nitrogens is 1. The van der Waals surface area contributed by atoms with E-state index >= 15 is 0 Å². The second kappa shape index (κ2) is 8.15. The monoisotopic (exact) mass is 332 g/mol. The lowest BCUT2D eigenvalue weighted by Gasteiger charge is -2.11. The molecular weight excluding hydrogens is 308 g/mol. The van der Waals surface area contributed by atoms with E-state index < -0.39 is 0 Å². The summed E-state index contributed by atoms with van der Waals surface area (Å²) in [7, 11) is 0. The number of aryl methyl sites for hydroxylation is 1. The molecule has 124 valence electrons. The van der Waals surface area contributed by atoms with Gasteiger partial charge in [0, 0.05) is 12.1 Å². The summed E-state index contributed by atoms with van der Waals surface area (Å²) in [5, 5.41) is 10.4. The first-order valence-electron chi connectivity index (χ1n) is 7.95. The first kappa shape index (κ1) is 17.5. The maximum absolute atomic E-state index is 12.0. The molecule has 0 aliphatic carbocycles. The van der Waals surface area contributed by atoms with Gasteiger partial charge < -0.3 is 5.32 Å². The molecule has 0 saturated heterocycles. The minimum absolute atomic E-state index is 0.0161. The summed E-state index contributed by atoms with van der Waals surface area (Å²) in [6.07, 6.45) is 1.01. The molecule has 2 N–H and O–H groups in total. The van der Waals surface area contributed by atoms with Crippen molar-refractivity contribution in [3.8, 4) is 11.4 Å². The van der Waals surface area contributed by atoms with Crippen LogP contribution in [0.15, 0.2) is 29.4 Å². The number of benzene rings is 1. The third-order valence-corrected chi connectivity index (χ3v) is 4.40. The first-order valence-corrected chi connectivity index (χ1v) is 8.83. The van der Waals surface area contributed by atoms with E-state index in [1.165, 1.54) is 17.3 Å². The van der Waals surface area contributed by atoms with Crippen molar-refractivity contribution in [1.29, 1.82) is 0 Å². The van der Waals surface area contributed by atoms with Gasteiger partial charge in [0.05, 0.1) is 5.25 Å². The second-order valence-corrected chi connectivity index (χ2v) is 7.22. The van der Waals surface area contributed by atoms with Gasteiger partial charge in [0.2, 0.25) is 11.1 Å². The van der Waals surface area contributed by atoms with Crippen molar-refractivity contribution < 1.29 is 4.79 Å². The maximum Gasteiger partial charge on any atom is 0.233 e. The predicted octanol–water partition coefficient (Wildman–Crippen LogP) is 3.29. The Balaban J connectivity index is 1.97. The molecule has 0 fully saturated rings. The van der Waals surface area contributed by atoms with Crippen molar-refractivity contribution in [2.45, 2.75) is 44.5 Å². The number of aromatic amines is 1. The van der Waals surface area contributed by atoms with Gasteiger partial charge in [-0.2, -0.15) is 0 Å². The Hall–Kier alpha value is -1.82. The van der Waals surface area contributed by atoms with Crippen molar-refractivity contribution in [3.05, 3.63) is 29.8 Å². The molecule has 0 radical (unpaired) electrons. The molecule has 0 saturated carbocycles. The quantitative estimate of drug-likeness (QED) is 0.763. The number of nitrogens with zero attached hydrogens (tertiary/aromatic N) is 2. The number of nitrogens with one attached hydrogen (secondary N) is 2. The molecule has 0 unspecified atom stereocenters. The molecule has 1 aromatic carbocycles. The molecular formula is C17H24N4OS. The predicted molar refractivity (Wildman–Crippen MR) is 94.4 cm³/mol. The SMILES string of the molecule is CCc1ccc(-c2nc(S[C@@H](C)C(=O)NCC(C)C)n[nH]2)cc1. The summed E-state index contributed by atoms with van der Waals surface area (Å²) in [4.78, 5) is 16.5. The van der Waals surface area contributed by atoms with Crippen LogP contribution in [0.4, 0.5) is 0 Å². The van der Waals surface area contributed by atoms with E-state index in [1.54, 1.807) is 0 Å². The van der Waals surface area contributed by atoms with E-state index in [2.05, 4.69) is 53.4 Å². The summed E-state index contributed by atoms with van der Waals surface area (Å²) in [5.41, 5.74) is 2.29. The lowest BCUT2D eigenvalue weighted by Crippen LogP contribution is -2.33. The van der Waals surface area contributed by atoms with Crippen LogP contribution in [0.3, 0.4) is 0 Å². The number of carbonyl (C=O) groups excluding carboxylic acids is 1. The number of hydrogen-bond donors (Lipinski definition) is 2. The molecule has 23 heavy (non-hydrogen) atoms. The summed E-state index contributed by atoms with van der Waals surface area (Å²) >= 11 is 1.36. The summed E-state index contributed by atoms with van der Waals surface area (Å²) in [5.74, 6) is 1.18. The Morgan fingerprint density at radius 1 is 1.26 bits per heavy atom. The van der Waals surface area contributed by atoms with Crippen LogP contribution in [0, 0.1) is 5.92 Å². The minimum atomic E-state index is -0.222. The third-order valence-electron chi connectivity index (χ3n) is 3.44. The third kappa shape index (κ3) is 5.10. The fourth-order valence-electron chi connectivity index (χ4n) is 1.99. The highest BCUT2D eigenvalue weighted by molar-refractivity contribution is 8.00. The maximum atomic E-state index is 12.0. The molecule has 1 heterocycles. The van der Waals surface area contributed by atoms with Gasteiger partial charge in [-0.05, 0) is 24.8 Å². The van der Waals surface area contributed by atoms with Gasteiger partial charge in [-0.15, -0.1) is 5.10 Å². The fourth-order valence-corrected chi connectivity index (χ4v) is 2.74. The van der Waals surface area contributed by atoms with Crippen LogP contribution >= 0.6 is 11.8 Å². The molecule has 1 amide bonds. The highest BCUT2D eigenvalue weighted by Gasteiger charge is 2.17. The number of rotatable bonds is 7. The Labute approximate surface area is 141 Å². The lowest BCUT2D eigenvalue weighted by molar-refractivity contribution is -0.120. The number of carbonyl (C=O) groups is 1. The van der Waals surface area contributed by atoms with Crippen molar-refractivity contribution in [2.75, 3.05) is 6.54 Å². The van der Waals surface area contributed by atoms with Gasteiger partial charge in [0.25, 0.3) is 0 Å². The van der Waals surface area contributed by atoms with Crippen molar-refractivity contribution in [2.24, 2.45) is 5.92 Å². The minimum Gasteiger partial charge on any atom is -0.355 e. The summed E-state index contributed by atoms with van der Waals surface area (Å²) < 4.78 is 0. The molecule has 5 nitrogen and oxygen atoms in total. The van der Waals surface area contributed by atoms with Crippen LogP contribution in [0.25, 0.3) is 11.4 Å². The molecule has 1 aromatic heterocycles. The van der Waals surface area contributed by atoms with Crippen molar-refractivity contribution in [3.63, 3.8) is 0 Å². The number of aromatic nitrogens is 3. The van der Waals surface area contributed by atoms with Crippen molar-refractivity contribution >= 4 is 17.7 Å². The van der Waals surface area contributed by atoms with Gasteiger partial charge in [-0.1, -0.05) is 56.8 Å². The average molecular weight is 332 g/mol. The molecule has 2 aromatic rings. The Morgan fingerprint density at radius 3 is 2.57 bits per heavy atom. The molecule has 1 atom stereocenters. The zero-order valence-corrected chi connectivity index (χ0v) is 14.9. The Morgan fingerprint density at radius 2 is 1.96 bits per heavy atom. The van der Waals surface area contributed by atoms with Gasteiger partial charge in [-0.3, -0.25) is 9.89 Å². The highest BCUT2D eigenvalue weighted by Crippen LogP contribution is 2.23. The smallest absolute Gasteiger partial charge is 0.233 e. The van der Waals surface area contributed by atoms with Crippen LogP contribution in [0.2, 0.25) is 0 Å². The highest BCUT2D eigenvalue weighted by atomic mass is 32.2. The molecule has 0 spiro atoms. The Kier molecular flexibility index (Phi) is 6.21. The lowest BCUT2D eigenvalue weighted by atomic mass is 10.1. The normalized spacial score (nSPS) is 12.4. The number of thioether (sulfide) groups is 1. The summed E-state index contributed by atoms with van der Waals surface area (Å²) in [6, 6.07) is 8.25. The molecule has 0 bridgehead atoms. The van der Waals surface area contributed by atoms with Gasteiger partial charge in [0.15, 0.2) is 5.82 Å². The van der Waals surface area contributed by atoms with E-state index in [4.69, 9.17) is 0 Å². The van der Waals surface area contributed by atoms with E-state index in [9.17, 15) is 4.79 Å². The standard InChI is InChI=1S/C17H24N4OS/c1-5-13-6-8-14(9-7-13)15-19-17(21-20-15)23-12(4)16(22)18-10-11(2)3/h6-9,11-12H,5,10H2,1-4H3,(H,18,22)(H,19,20,21)/t12-/m0/s1. The zero-order chi connectivity index (χ0) is 16.8. The van der Waals surface area contributed by atoms with Crippen LogP contribution in [-0.2, 0) is 11.2 Å². The van der Waals surface area contributed by atoms with Gasteiger partial charge in [-0.25, -0.2) is 4.98 Å².